The number of halogens is 1. The quantitative estimate of drug-likeness (QED) is 0.664. The number of nitrogens with zero attached hydrogens (tertiary/aromatic N) is 3. The molecular formula is C12H17FN4O3. The maximum absolute atomic E-state index is 13.9. The Morgan fingerprint density at radius 2 is 2.00 bits per heavy atom. The SMILES string of the molecule is COc1cc(NN2CCN(C)CC2)c(F)cc1[N+](=O)[O-]. The molecule has 1 aliphatic rings. The van der Waals surface area contributed by atoms with Gasteiger partial charge in [-0.1, -0.05) is 0 Å². The molecule has 8 heteroatoms. The van der Waals surface area contributed by atoms with E-state index in [0.29, 0.717) is 0 Å². The fraction of sp³-hybridized carbons (Fsp3) is 0.500. The molecule has 7 nitrogen and oxygen atoms in total. The number of methoxy groups -OCH3 is 1. The van der Waals surface area contributed by atoms with E-state index in [2.05, 4.69) is 10.3 Å². The number of nitro benzene ring substituents is 1. The first-order chi connectivity index (χ1) is 9.51. The van der Waals surface area contributed by atoms with Crippen molar-refractivity contribution in [3.05, 3.63) is 28.1 Å². The Kier molecular flexibility index (Phi) is 4.35. The smallest absolute Gasteiger partial charge is 0.313 e. The van der Waals surface area contributed by atoms with Gasteiger partial charge in [0.25, 0.3) is 0 Å². The second-order valence-electron chi connectivity index (χ2n) is 4.66. The van der Waals surface area contributed by atoms with Crippen LogP contribution < -0.4 is 10.2 Å². The number of anilines is 1. The van der Waals surface area contributed by atoms with E-state index in [4.69, 9.17) is 4.74 Å². The maximum atomic E-state index is 13.9. The second-order valence-corrected chi connectivity index (χ2v) is 4.66. The van der Waals surface area contributed by atoms with E-state index >= 15 is 0 Å². The van der Waals surface area contributed by atoms with Crippen molar-refractivity contribution in [2.75, 3.05) is 45.8 Å². The summed E-state index contributed by atoms with van der Waals surface area (Å²) >= 11 is 0. The summed E-state index contributed by atoms with van der Waals surface area (Å²) in [4.78, 5) is 12.3. The van der Waals surface area contributed by atoms with Gasteiger partial charge in [0, 0.05) is 32.2 Å². The Morgan fingerprint density at radius 3 is 2.55 bits per heavy atom. The Hall–Kier alpha value is -1.93. The van der Waals surface area contributed by atoms with E-state index in [1.807, 2.05) is 12.1 Å². The van der Waals surface area contributed by atoms with Crippen molar-refractivity contribution < 1.29 is 14.1 Å². The van der Waals surface area contributed by atoms with Crippen LogP contribution in [0.1, 0.15) is 0 Å². The summed E-state index contributed by atoms with van der Waals surface area (Å²) in [5.74, 6) is -0.635. The molecule has 1 aliphatic heterocycles. The lowest BCUT2D eigenvalue weighted by atomic mass is 10.2. The molecule has 0 unspecified atom stereocenters. The number of benzene rings is 1. The van der Waals surface area contributed by atoms with Crippen LogP contribution in [0.15, 0.2) is 12.1 Å². The van der Waals surface area contributed by atoms with Crippen molar-refractivity contribution in [1.29, 1.82) is 0 Å². The molecule has 2 rings (SSSR count). The van der Waals surface area contributed by atoms with Gasteiger partial charge < -0.3 is 15.1 Å². The Balaban J connectivity index is 2.17. The molecule has 0 amide bonds. The van der Waals surface area contributed by atoms with Gasteiger partial charge in [-0.2, -0.15) is 0 Å². The Bertz CT molecular complexity index is 504. The predicted molar refractivity (Wildman–Crippen MR) is 72.3 cm³/mol. The number of hydrogen-bond donors (Lipinski definition) is 1. The number of nitrogens with one attached hydrogen (secondary N) is 1. The first-order valence-corrected chi connectivity index (χ1v) is 6.23. The summed E-state index contributed by atoms with van der Waals surface area (Å²) in [6.45, 7) is 3.24. The fourth-order valence-corrected chi connectivity index (χ4v) is 2.02. The molecule has 110 valence electrons. The van der Waals surface area contributed by atoms with Crippen LogP contribution >= 0.6 is 0 Å². The van der Waals surface area contributed by atoms with Gasteiger partial charge in [0.15, 0.2) is 11.6 Å². The molecule has 0 aromatic heterocycles. The van der Waals surface area contributed by atoms with Crippen LogP contribution in [-0.4, -0.2) is 55.2 Å². The summed E-state index contributed by atoms with van der Waals surface area (Å²) in [7, 11) is 3.34. The van der Waals surface area contributed by atoms with Crippen LogP contribution in [0.4, 0.5) is 15.8 Å². The monoisotopic (exact) mass is 284 g/mol. The molecule has 0 bridgehead atoms. The highest BCUT2D eigenvalue weighted by Gasteiger charge is 2.21. The predicted octanol–water partition coefficient (Wildman–Crippen LogP) is 1.32. The number of hydrazine groups is 1. The number of ether oxygens (including phenoxy) is 1. The van der Waals surface area contributed by atoms with Gasteiger partial charge in [0.2, 0.25) is 0 Å². The third-order valence-electron chi connectivity index (χ3n) is 3.25. The summed E-state index contributed by atoms with van der Waals surface area (Å²) in [5, 5.41) is 12.7. The molecule has 0 saturated carbocycles. The van der Waals surface area contributed by atoms with Gasteiger partial charge in [-0.3, -0.25) is 10.1 Å². The van der Waals surface area contributed by atoms with Gasteiger partial charge in [-0.25, -0.2) is 9.40 Å². The maximum Gasteiger partial charge on any atom is 0.313 e. The molecule has 0 atom stereocenters. The Labute approximate surface area is 116 Å². The minimum atomic E-state index is -0.670. The zero-order valence-electron chi connectivity index (χ0n) is 11.4. The number of piperazine rings is 1. The zero-order valence-corrected chi connectivity index (χ0v) is 11.4. The largest absolute Gasteiger partial charge is 0.490 e. The number of likely N-dealkylation sites (N-methyl/N-ethyl adjacent to an activating group) is 1. The van der Waals surface area contributed by atoms with E-state index in [1.165, 1.54) is 13.2 Å². The van der Waals surface area contributed by atoms with Crippen molar-refractivity contribution in [3.63, 3.8) is 0 Å². The van der Waals surface area contributed by atoms with Gasteiger partial charge in [0.1, 0.15) is 0 Å². The number of hydrogen-bond acceptors (Lipinski definition) is 6. The van der Waals surface area contributed by atoms with Crippen LogP contribution in [0.3, 0.4) is 0 Å². The van der Waals surface area contributed by atoms with Crippen molar-refractivity contribution >= 4 is 11.4 Å². The minimum absolute atomic E-state index is 0.0352. The summed E-state index contributed by atoms with van der Waals surface area (Å²) in [6, 6.07) is 2.18. The molecule has 1 heterocycles. The number of nitro groups is 1. The highest BCUT2D eigenvalue weighted by molar-refractivity contribution is 5.58. The third kappa shape index (κ3) is 3.14. The molecule has 1 aromatic rings. The van der Waals surface area contributed by atoms with E-state index < -0.39 is 10.7 Å². The highest BCUT2D eigenvalue weighted by Crippen LogP contribution is 2.32. The van der Waals surface area contributed by atoms with Crippen molar-refractivity contribution in [3.8, 4) is 5.75 Å². The van der Waals surface area contributed by atoms with E-state index in [1.54, 1.807) is 0 Å². The molecular weight excluding hydrogens is 267 g/mol. The van der Waals surface area contributed by atoms with Crippen LogP contribution in [0, 0.1) is 15.9 Å². The lowest BCUT2D eigenvalue weighted by molar-refractivity contribution is -0.385. The lowest BCUT2D eigenvalue weighted by Gasteiger charge is -2.33. The minimum Gasteiger partial charge on any atom is -0.490 e. The molecule has 1 N–H and O–H groups in total. The molecule has 0 spiro atoms. The third-order valence-corrected chi connectivity index (χ3v) is 3.25. The number of rotatable bonds is 4. The Morgan fingerprint density at radius 1 is 1.35 bits per heavy atom. The lowest BCUT2D eigenvalue weighted by Crippen LogP contribution is -2.47. The average molecular weight is 284 g/mol. The average Bonchev–Trinajstić information content (AvgIpc) is 2.42. The summed E-state index contributed by atoms with van der Waals surface area (Å²) in [5.41, 5.74) is 2.74. The van der Waals surface area contributed by atoms with E-state index in [-0.39, 0.29) is 17.1 Å². The van der Waals surface area contributed by atoms with Gasteiger partial charge in [-0.05, 0) is 7.05 Å². The molecule has 1 fully saturated rings. The van der Waals surface area contributed by atoms with Crippen LogP contribution in [0.5, 0.6) is 5.75 Å². The second kappa shape index (κ2) is 6.02. The first-order valence-electron chi connectivity index (χ1n) is 6.23. The van der Waals surface area contributed by atoms with Gasteiger partial charge in [-0.15, -0.1) is 0 Å². The standard InChI is InChI=1S/C12H17FN4O3/c1-15-3-5-16(6-4-15)14-10-8-12(20-2)11(17(18)19)7-9(10)13/h7-8,14H,3-6H2,1-2H3. The molecule has 1 aromatic carbocycles. The van der Waals surface area contributed by atoms with Crippen LogP contribution in [0.2, 0.25) is 0 Å². The zero-order chi connectivity index (χ0) is 14.7. The molecule has 0 radical (unpaired) electrons. The van der Waals surface area contributed by atoms with Crippen LogP contribution in [0.25, 0.3) is 0 Å². The molecule has 1 saturated heterocycles. The van der Waals surface area contributed by atoms with E-state index in [9.17, 15) is 14.5 Å². The fourth-order valence-electron chi connectivity index (χ4n) is 2.02. The summed E-state index contributed by atoms with van der Waals surface area (Å²) < 4.78 is 18.8. The first kappa shape index (κ1) is 14.5. The van der Waals surface area contributed by atoms with Crippen LogP contribution in [-0.2, 0) is 0 Å². The van der Waals surface area contributed by atoms with Crippen molar-refractivity contribution in [2.45, 2.75) is 0 Å². The molecule has 20 heavy (non-hydrogen) atoms. The highest BCUT2D eigenvalue weighted by atomic mass is 19.1. The molecule has 0 aliphatic carbocycles. The normalized spacial score (nSPS) is 16.9. The van der Waals surface area contributed by atoms with E-state index in [0.717, 1.165) is 32.2 Å². The van der Waals surface area contributed by atoms with Crippen molar-refractivity contribution in [2.24, 2.45) is 0 Å². The summed E-state index contributed by atoms with van der Waals surface area (Å²) in [6.07, 6.45) is 0. The topological polar surface area (TPSA) is 70.9 Å². The van der Waals surface area contributed by atoms with Gasteiger partial charge >= 0.3 is 5.69 Å². The van der Waals surface area contributed by atoms with Crippen molar-refractivity contribution in [1.82, 2.24) is 9.91 Å². The van der Waals surface area contributed by atoms with Gasteiger partial charge in [0.05, 0.1) is 23.8 Å².